The number of nitro benzene ring substituents is 1. The average molecular weight is 241 g/mol. The predicted octanol–water partition coefficient (Wildman–Crippen LogP) is 2.85. The van der Waals surface area contributed by atoms with E-state index in [0.29, 0.717) is 16.6 Å². The van der Waals surface area contributed by atoms with E-state index in [2.05, 4.69) is 0 Å². The van der Waals surface area contributed by atoms with Crippen LogP contribution in [0.3, 0.4) is 0 Å². The molecule has 1 heterocycles. The predicted molar refractivity (Wildman–Crippen MR) is 66.6 cm³/mol. The standard InChI is InChI=1S/C13H7NO4/c15-13-9-3-1-2-4-11(9)18-12-6-5-8(14(16)17)7-10(12)13/h1-7H. The molecule has 18 heavy (non-hydrogen) atoms. The zero-order valence-electron chi connectivity index (χ0n) is 9.12. The minimum atomic E-state index is -0.534. The quantitative estimate of drug-likeness (QED) is 0.373. The Balaban J connectivity index is 2.49. The fourth-order valence-corrected chi connectivity index (χ4v) is 1.90. The molecule has 0 fully saturated rings. The molecule has 1 aromatic heterocycles. The summed E-state index contributed by atoms with van der Waals surface area (Å²) in [4.78, 5) is 22.3. The lowest BCUT2D eigenvalue weighted by molar-refractivity contribution is -0.384. The van der Waals surface area contributed by atoms with Crippen molar-refractivity contribution in [3.8, 4) is 0 Å². The molecule has 0 spiro atoms. The van der Waals surface area contributed by atoms with Crippen LogP contribution in [0.1, 0.15) is 0 Å². The first-order valence-corrected chi connectivity index (χ1v) is 5.27. The highest BCUT2D eigenvalue weighted by atomic mass is 16.6. The molecule has 5 heteroatoms. The molecule has 0 aliphatic heterocycles. The molecule has 0 bridgehead atoms. The molecule has 2 aromatic carbocycles. The van der Waals surface area contributed by atoms with Crippen molar-refractivity contribution in [1.82, 2.24) is 0 Å². The third kappa shape index (κ3) is 1.45. The number of fused-ring (bicyclic) bond motifs is 2. The molecular weight excluding hydrogens is 234 g/mol. The summed E-state index contributed by atoms with van der Waals surface area (Å²) in [5.74, 6) is 0. The van der Waals surface area contributed by atoms with E-state index in [4.69, 9.17) is 4.42 Å². The largest absolute Gasteiger partial charge is 0.456 e. The minimum absolute atomic E-state index is 0.120. The normalized spacial score (nSPS) is 10.9. The minimum Gasteiger partial charge on any atom is -0.456 e. The Kier molecular flexibility index (Phi) is 2.13. The highest BCUT2D eigenvalue weighted by Gasteiger charge is 2.12. The number of para-hydroxylation sites is 1. The van der Waals surface area contributed by atoms with Gasteiger partial charge in [0, 0.05) is 12.1 Å². The molecule has 0 amide bonds. The van der Waals surface area contributed by atoms with Gasteiger partial charge in [-0.15, -0.1) is 0 Å². The fourth-order valence-electron chi connectivity index (χ4n) is 1.90. The lowest BCUT2D eigenvalue weighted by atomic mass is 10.1. The van der Waals surface area contributed by atoms with Gasteiger partial charge in [-0.1, -0.05) is 12.1 Å². The van der Waals surface area contributed by atoms with Crippen LogP contribution in [-0.4, -0.2) is 4.92 Å². The second-order valence-corrected chi connectivity index (χ2v) is 3.86. The van der Waals surface area contributed by atoms with Crippen molar-refractivity contribution in [2.24, 2.45) is 0 Å². The summed E-state index contributed by atoms with van der Waals surface area (Å²) < 4.78 is 5.54. The van der Waals surface area contributed by atoms with Gasteiger partial charge >= 0.3 is 0 Å². The van der Waals surface area contributed by atoms with Crippen molar-refractivity contribution in [2.75, 3.05) is 0 Å². The molecule has 3 aromatic rings. The zero-order valence-corrected chi connectivity index (χ0v) is 9.12. The third-order valence-electron chi connectivity index (χ3n) is 2.77. The third-order valence-corrected chi connectivity index (χ3v) is 2.77. The lowest BCUT2D eigenvalue weighted by Gasteiger charge is -2.00. The summed E-state index contributed by atoms with van der Waals surface area (Å²) in [6.45, 7) is 0. The molecule has 0 N–H and O–H groups in total. The summed E-state index contributed by atoms with van der Waals surface area (Å²) in [7, 11) is 0. The second-order valence-electron chi connectivity index (χ2n) is 3.86. The van der Waals surface area contributed by atoms with E-state index in [1.807, 2.05) is 0 Å². The van der Waals surface area contributed by atoms with Crippen molar-refractivity contribution in [1.29, 1.82) is 0 Å². The van der Waals surface area contributed by atoms with E-state index in [1.54, 1.807) is 24.3 Å². The van der Waals surface area contributed by atoms with Gasteiger partial charge in [0.25, 0.3) is 5.69 Å². The summed E-state index contributed by atoms with van der Waals surface area (Å²) in [6.07, 6.45) is 0. The van der Waals surface area contributed by atoms with E-state index in [-0.39, 0.29) is 16.5 Å². The van der Waals surface area contributed by atoms with Crippen LogP contribution in [0.5, 0.6) is 0 Å². The molecular formula is C13H7NO4. The van der Waals surface area contributed by atoms with Crippen LogP contribution >= 0.6 is 0 Å². The Morgan fingerprint density at radius 1 is 1.00 bits per heavy atom. The van der Waals surface area contributed by atoms with E-state index in [9.17, 15) is 14.9 Å². The van der Waals surface area contributed by atoms with Crippen molar-refractivity contribution >= 4 is 27.6 Å². The number of nitro groups is 1. The summed E-state index contributed by atoms with van der Waals surface area (Å²) >= 11 is 0. The topological polar surface area (TPSA) is 73.3 Å². The molecule has 88 valence electrons. The number of hydrogen-bond acceptors (Lipinski definition) is 4. The molecule has 0 saturated carbocycles. The molecule has 3 rings (SSSR count). The van der Waals surface area contributed by atoms with Crippen molar-refractivity contribution in [3.63, 3.8) is 0 Å². The number of benzene rings is 2. The molecule has 0 atom stereocenters. The highest BCUT2D eigenvalue weighted by Crippen LogP contribution is 2.22. The van der Waals surface area contributed by atoms with Gasteiger partial charge in [-0.2, -0.15) is 0 Å². The maximum absolute atomic E-state index is 12.2. The molecule has 0 aliphatic rings. The van der Waals surface area contributed by atoms with Crippen LogP contribution in [0.15, 0.2) is 51.7 Å². The van der Waals surface area contributed by atoms with Gasteiger partial charge in [0.1, 0.15) is 11.2 Å². The molecule has 0 saturated heterocycles. The molecule has 5 nitrogen and oxygen atoms in total. The molecule has 0 radical (unpaired) electrons. The SMILES string of the molecule is O=c1c2ccccc2oc2ccc([N+](=O)[O-])cc12. The lowest BCUT2D eigenvalue weighted by Crippen LogP contribution is -2.02. The maximum atomic E-state index is 12.2. The van der Waals surface area contributed by atoms with Gasteiger partial charge < -0.3 is 4.42 Å². The Hall–Kier alpha value is -2.69. The van der Waals surface area contributed by atoms with Crippen molar-refractivity contribution in [2.45, 2.75) is 0 Å². The fraction of sp³-hybridized carbons (Fsp3) is 0. The van der Waals surface area contributed by atoms with Gasteiger partial charge in [0.15, 0.2) is 0 Å². The van der Waals surface area contributed by atoms with Crippen LogP contribution in [0.2, 0.25) is 0 Å². The number of non-ortho nitro benzene ring substituents is 1. The van der Waals surface area contributed by atoms with Gasteiger partial charge in [-0.05, 0) is 18.2 Å². The number of rotatable bonds is 1. The monoisotopic (exact) mass is 241 g/mol. The average Bonchev–Trinajstić information content (AvgIpc) is 2.38. The molecule has 0 unspecified atom stereocenters. The van der Waals surface area contributed by atoms with Crippen LogP contribution < -0.4 is 5.43 Å². The Morgan fingerprint density at radius 3 is 2.50 bits per heavy atom. The number of hydrogen-bond donors (Lipinski definition) is 0. The van der Waals surface area contributed by atoms with E-state index in [1.165, 1.54) is 18.2 Å². The Bertz CT molecular complexity index is 835. The highest BCUT2D eigenvalue weighted by molar-refractivity contribution is 5.90. The molecule has 0 aliphatic carbocycles. The first-order valence-electron chi connectivity index (χ1n) is 5.27. The Labute approximate surface area is 100 Å². The maximum Gasteiger partial charge on any atom is 0.270 e. The van der Waals surface area contributed by atoms with E-state index in [0.717, 1.165) is 0 Å². The Morgan fingerprint density at radius 2 is 1.72 bits per heavy atom. The second kappa shape index (κ2) is 3.66. The van der Waals surface area contributed by atoms with Crippen LogP contribution in [0, 0.1) is 10.1 Å². The zero-order chi connectivity index (χ0) is 12.7. The summed E-state index contributed by atoms with van der Waals surface area (Å²) in [6, 6.07) is 10.8. The van der Waals surface area contributed by atoms with Crippen LogP contribution in [-0.2, 0) is 0 Å². The summed E-state index contributed by atoms with van der Waals surface area (Å²) in [5, 5.41) is 11.3. The van der Waals surface area contributed by atoms with Crippen molar-refractivity contribution in [3.05, 3.63) is 62.8 Å². The van der Waals surface area contributed by atoms with Crippen LogP contribution in [0.4, 0.5) is 5.69 Å². The van der Waals surface area contributed by atoms with E-state index < -0.39 is 4.92 Å². The van der Waals surface area contributed by atoms with Gasteiger partial charge in [0.2, 0.25) is 5.43 Å². The van der Waals surface area contributed by atoms with Crippen molar-refractivity contribution < 1.29 is 9.34 Å². The number of nitrogens with zero attached hydrogens (tertiary/aromatic N) is 1. The van der Waals surface area contributed by atoms with Gasteiger partial charge in [-0.3, -0.25) is 14.9 Å². The van der Waals surface area contributed by atoms with Crippen LogP contribution in [0.25, 0.3) is 21.9 Å². The van der Waals surface area contributed by atoms with E-state index >= 15 is 0 Å². The van der Waals surface area contributed by atoms with Gasteiger partial charge in [0.05, 0.1) is 15.7 Å². The van der Waals surface area contributed by atoms with Gasteiger partial charge in [-0.25, -0.2) is 0 Å². The summed E-state index contributed by atoms with van der Waals surface area (Å²) in [5.41, 5.74) is 0.453. The first-order chi connectivity index (χ1) is 8.66. The first kappa shape index (κ1) is 10.5. The smallest absolute Gasteiger partial charge is 0.270 e.